The molecular weight excluding hydrogens is 204 g/mol. The van der Waals surface area contributed by atoms with E-state index < -0.39 is 0 Å². The SMILES string of the molecule is CC(C)C(=O)C1CCC[C@H](C(C)C)C1.S. The molecule has 90 valence electrons. The predicted octanol–water partition coefficient (Wildman–Crippen LogP) is 3.79. The molecular formula is C13H26OS. The Balaban J connectivity index is 0.00000196. The third-order valence-electron chi connectivity index (χ3n) is 3.63. The highest BCUT2D eigenvalue weighted by molar-refractivity contribution is 7.59. The van der Waals surface area contributed by atoms with Crippen molar-refractivity contribution in [3.63, 3.8) is 0 Å². The smallest absolute Gasteiger partial charge is 0.138 e. The standard InChI is InChI=1S/C13H24O.H2S/c1-9(2)11-6-5-7-12(8-11)13(14)10(3)4;/h9-12H,5-8H2,1-4H3;1H2/t11-,12?;/m0./s1. The number of hydrogen-bond donors (Lipinski definition) is 0. The van der Waals surface area contributed by atoms with E-state index in [9.17, 15) is 4.79 Å². The Kier molecular flexibility index (Phi) is 6.58. The van der Waals surface area contributed by atoms with E-state index in [1.54, 1.807) is 0 Å². The van der Waals surface area contributed by atoms with Gasteiger partial charge in [-0.25, -0.2) is 0 Å². The van der Waals surface area contributed by atoms with Gasteiger partial charge in [0, 0.05) is 11.8 Å². The van der Waals surface area contributed by atoms with E-state index in [1.165, 1.54) is 12.8 Å². The first kappa shape index (κ1) is 15.0. The van der Waals surface area contributed by atoms with E-state index >= 15 is 0 Å². The number of Topliss-reactive ketones (excluding diaryl/α,β-unsaturated/α-hetero) is 1. The maximum Gasteiger partial charge on any atom is 0.138 e. The molecule has 1 fully saturated rings. The molecule has 1 rings (SSSR count). The normalized spacial score (nSPS) is 26.5. The molecule has 0 spiro atoms. The van der Waals surface area contributed by atoms with Crippen LogP contribution in [-0.2, 0) is 4.79 Å². The van der Waals surface area contributed by atoms with Gasteiger partial charge in [-0.3, -0.25) is 4.79 Å². The second kappa shape index (κ2) is 6.57. The molecule has 0 aromatic heterocycles. The summed E-state index contributed by atoms with van der Waals surface area (Å²) in [7, 11) is 0. The van der Waals surface area contributed by atoms with Crippen LogP contribution in [0.5, 0.6) is 0 Å². The number of carbonyl (C=O) groups is 1. The van der Waals surface area contributed by atoms with Gasteiger partial charge in [-0.2, -0.15) is 13.5 Å². The number of hydrogen-bond acceptors (Lipinski definition) is 1. The van der Waals surface area contributed by atoms with Crippen molar-refractivity contribution in [2.45, 2.75) is 53.4 Å². The third kappa shape index (κ3) is 4.18. The molecule has 2 heteroatoms. The fourth-order valence-corrected chi connectivity index (χ4v) is 2.56. The van der Waals surface area contributed by atoms with Gasteiger partial charge in [0.05, 0.1) is 0 Å². The van der Waals surface area contributed by atoms with Crippen LogP contribution < -0.4 is 0 Å². The van der Waals surface area contributed by atoms with Crippen molar-refractivity contribution >= 4 is 19.3 Å². The van der Waals surface area contributed by atoms with Crippen molar-refractivity contribution in [3.8, 4) is 0 Å². The maximum atomic E-state index is 11.9. The van der Waals surface area contributed by atoms with Crippen molar-refractivity contribution in [1.82, 2.24) is 0 Å². The average Bonchev–Trinajstić information content (AvgIpc) is 2.16. The van der Waals surface area contributed by atoms with Crippen LogP contribution in [0.1, 0.15) is 53.4 Å². The van der Waals surface area contributed by atoms with Crippen LogP contribution in [0.4, 0.5) is 0 Å². The van der Waals surface area contributed by atoms with Gasteiger partial charge >= 0.3 is 0 Å². The van der Waals surface area contributed by atoms with Crippen LogP contribution in [0.2, 0.25) is 0 Å². The summed E-state index contributed by atoms with van der Waals surface area (Å²) in [6.45, 7) is 8.63. The predicted molar refractivity (Wildman–Crippen MR) is 70.5 cm³/mol. The Labute approximate surface area is 101 Å². The Hall–Kier alpha value is 0.0200. The first-order valence-corrected chi connectivity index (χ1v) is 6.06. The Morgan fingerprint density at radius 2 is 1.73 bits per heavy atom. The minimum atomic E-state index is 0. The van der Waals surface area contributed by atoms with Crippen LogP contribution >= 0.6 is 13.5 Å². The molecule has 0 saturated heterocycles. The largest absolute Gasteiger partial charge is 0.299 e. The molecule has 0 bridgehead atoms. The van der Waals surface area contributed by atoms with Gasteiger partial charge in [0.2, 0.25) is 0 Å². The molecule has 1 saturated carbocycles. The van der Waals surface area contributed by atoms with Crippen molar-refractivity contribution < 1.29 is 4.79 Å². The van der Waals surface area contributed by atoms with Gasteiger partial charge in [0.1, 0.15) is 5.78 Å². The molecule has 0 aromatic rings. The second-order valence-corrected chi connectivity index (χ2v) is 5.42. The zero-order chi connectivity index (χ0) is 10.7. The lowest BCUT2D eigenvalue weighted by Crippen LogP contribution is -2.28. The summed E-state index contributed by atoms with van der Waals surface area (Å²) in [4.78, 5) is 11.9. The molecule has 0 aliphatic heterocycles. The topological polar surface area (TPSA) is 17.1 Å². The van der Waals surface area contributed by atoms with Gasteiger partial charge in [0.25, 0.3) is 0 Å². The summed E-state index contributed by atoms with van der Waals surface area (Å²) in [6.07, 6.45) is 4.88. The summed E-state index contributed by atoms with van der Waals surface area (Å²) in [5, 5.41) is 0. The highest BCUT2D eigenvalue weighted by Gasteiger charge is 2.29. The van der Waals surface area contributed by atoms with E-state index in [1.807, 2.05) is 13.8 Å². The molecule has 1 aliphatic carbocycles. The first-order chi connectivity index (χ1) is 6.52. The molecule has 0 aromatic carbocycles. The molecule has 0 radical (unpaired) electrons. The van der Waals surface area contributed by atoms with Gasteiger partial charge in [0.15, 0.2) is 0 Å². The van der Waals surface area contributed by atoms with E-state index in [4.69, 9.17) is 0 Å². The molecule has 1 unspecified atom stereocenters. The Bertz CT molecular complexity index is 199. The van der Waals surface area contributed by atoms with Gasteiger partial charge in [-0.05, 0) is 24.7 Å². The van der Waals surface area contributed by atoms with Crippen LogP contribution in [0.15, 0.2) is 0 Å². The number of rotatable bonds is 3. The number of ketones is 1. The van der Waals surface area contributed by atoms with E-state index in [2.05, 4.69) is 13.8 Å². The van der Waals surface area contributed by atoms with Crippen molar-refractivity contribution in [3.05, 3.63) is 0 Å². The maximum absolute atomic E-state index is 11.9. The quantitative estimate of drug-likeness (QED) is 0.721. The molecule has 0 amide bonds. The van der Waals surface area contributed by atoms with Gasteiger partial charge in [-0.1, -0.05) is 40.5 Å². The molecule has 0 N–H and O–H groups in total. The van der Waals surface area contributed by atoms with Crippen LogP contribution in [-0.4, -0.2) is 5.78 Å². The lowest BCUT2D eigenvalue weighted by molar-refractivity contribution is -0.127. The van der Waals surface area contributed by atoms with Crippen LogP contribution in [0.3, 0.4) is 0 Å². The molecule has 1 aliphatic rings. The highest BCUT2D eigenvalue weighted by Crippen LogP contribution is 2.35. The lowest BCUT2D eigenvalue weighted by atomic mass is 9.73. The molecule has 15 heavy (non-hydrogen) atoms. The average molecular weight is 230 g/mol. The summed E-state index contributed by atoms with van der Waals surface area (Å²) < 4.78 is 0. The van der Waals surface area contributed by atoms with Crippen molar-refractivity contribution in [2.75, 3.05) is 0 Å². The van der Waals surface area contributed by atoms with Gasteiger partial charge in [-0.15, -0.1) is 0 Å². The van der Waals surface area contributed by atoms with E-state index in [0.717, 1.165) is 24.7 Å². The van der Waals surface area contributed by atoms with Crippen LogP contribution in [0.25, 0.3) is 0 Å². The zero-order valence-corrected chi connectivity index (χ0v) is 11.5. The number of carbonyl (C=O) groups excluding carboxylic acids is 1. The summed E-state index contributed by atoms with van der Waals surface area (Å²) in [6, 6.07) is 0. The second-order valence-electron chi connectivity index (χ2n) is 5.42. The Morgan fingerprint density at radius 1 is 1.13 bits per heavy atom. The Morgan fingerprint density at radius 3 is 2.20 bits per heavy atom. The molecule has 0 heterocycles. The third-order valence-corrected chi connectivity index (χ3v) is 3.63. The van der Waals surface area contributed by atoms with E-state index in [0.29, 0.717) is 11.7 Å². The van der Waals surface area contributed by atoms with E-state index in [-0.39, 0.29) is 19.4 Å². The summed E-state index contributed by atoms with van der Waals surface area (Å²) in [5.74, 6) is 2.63. The van der Waals surface area contributed by atoms with Gasteiger partial charge < -0.3 is 0 Å². The fourth-order valence-electron chi connectivity index (χ4n) is 2.56. The lowest BCUT2D eigenvalue weighted by Gasteiger charge is -2.31. The molecule has 2 atom stereocenters. The van der Waals surface area contributed by atoms with Crippen LogP contribution in [0, 0.1) is 23.7 Å². The molecule has 1 nitrogen and oxygen atoms in total. The first-order valence-electron chi connectivity index (χ1n) is 6.06. The van der Waals surface area contributed by atoms with Crippen molar-refractivity contribution in [1.29, 1.82) is 0 Å². The minimum absolute atomic E-state index is 0. The monoisotopic (exact) mass is 230 g/mol. The minimum Gasteiger partial charge on any atom is -0.299 e. The van der Waals surface area contributed by atoms with Crippen molar-refractivity contribution in [2.24, 2.45) is 23.7 Å². The fraction of sp³-hybridized carbons (Fsp3) is 0.923. The highest BCUT2D eigenvalue weighted by atomic mass is 32.1. The summed E-state index contributed by atoms with van der Waals surface area (Å²) in [5.41, 5.74) is 0. The summed E-state index contributed by atoms with van der Waals surface area (Å²) >= 11 is 0. The zero-order valence-electron chi connectivity index (χ0n) is 10.5.